The van der Waals surface area contributed by atoms with E-state index >= 15 is 0 Å². The Kier molecular flexibility index (Phi) is 3.81. The maximum atomic E-state index is 12.4. The Balaban J connectivity index is 1.80. The van der Waals surface area contributed by atoms with Gasteiger partial charge in [-0.05, 0) is 38.3 Å². The van der Waals surface area contributed by atoms with Gasteiger partial charge in [-0.3, -0.25) is 4.79 Å². The van der Waals surface area contributed by atoms with E-state index in [2.05, 4.69) is 24.5 Å². The van der Waals surface area contributed by atoms with Crippen molar-refractivity contribution in [3.8, 4) is 0 Å². The Bertz CT molecular complexity index is 633. The summed E-state index contributed by atoms with van der Waals surface area (Å²) in [6, 6.07) is 9.35. The summed E-state index contributed by atoms with van der Waals surface area (Å²) in [6.07, 6.45) is 3.33. The minimum atomic E-state index is -0.398. The summed E-state index contributed by atoms with van der Waals surface area (Å²) < 4.78 is 0. The van der Waals surface area contributed by atoms with Crippen molar-refractivity contribution in [1.82, 2.24) is 10.3 Å². The zero-order valence-electron chi connectivity index (χ0n) is 12.4. The van der Waals surface area contributed by atoms with Crippen LogP contribution in [0, 0.1) is 0 Å². The number of benzene rings is 1. The van der Waals surface area contributed by atoms with Crippen LogP contribution in [-0.4, -0.2) is 10.9 Å². The highest BCUT2D eigenvalue weighted by Gasteiger charge is 2.33. The van der Waals surface area contributed by atoms with Crippen LogP contribution in [0.25, 0.3) is 0 Å². The van der Waals surface area contributed by atoms with Crippen LogP contribution in [0.4, 0.5) is 0 Å². The summed E-state index contributed by atoms with van der Waals surface area (Å²) in [6.45, 7) is 4.15. The molecule has 1 aromatic heterocycles. The Labute approximate surface area is 129 Å². The highest BCUT2D eigenvalue weighted by atomic mass is 32.1. The minimum Gasteiger partial charge on any atom is -0.340 e. The number of rotatable bonds is 5. The number of hydrogen-bond acceptors (Lipinski definition) is 3. The highest BCUT2D eigenvalue weighted by molar-refractivity contribution is 7.09. The number of carbonyl (C=O) groups is 1. The van der Waals surface area contributed by atoms with Crippen molar-refractivity contribution in [2.45, 2.75) is 44.6 Å². The third kappa shape index (κ3) is 3.00. The summed E-state index contributed by atoms with van der Waals surface area (Å²) in [5, 5.41) is 6.32. The standard InChI is InChI=1S/C17H20N2OS/c1-3-17(2,16-18-14(11-21-16)12-9-10-12)19-15(20)13-7-5-4-6-8-13/h4-8,11-12H,3,9-10H2,1-2H3,(H,19,20). The molecular formula is C17H20N2OS. The van der Waals surface area contributed by atoms with Gasteiger partial charge in [0, 0.05) is 16.9 Å². The van der Waals surface area contributed by atoms with Crippen molar-refractivity contribution in [2.75, 3.05) is 0 Å². The average molecular weight is 300 g/mol. The minimum absolute atomic E-state index is 0.0388. The van der Waals surface area contributed by atoms with Crippen LogP contribution in [0.3, 0.4) is 0 Å². The molecule has 1 N–H and O–H groups in total. The first-order valence-corrected chi connectivity index (χ1v) is 8.34. The second-order valence-electron chi connectivity index (χ2n) is 5.86. The van der Waals surface area contributed by atoms with Crippen molar-refractivity contribution in [2.24, 2.45) is 0 Å². The number of hydrogen-bond donors (Lipinski definition) is 1. The molecule has 4 heteroatoms. The Hall–Kier alpha value is -1.68. The fraction of sp³-hybridized carbons (Fsp3) is 0.412. The van der Waals surface area contributed by atoms with Crippen LogP contribution in [0.2, 0.25) is 0 Å². The van der Waals surface area contributed by atoms with Gasteiger partial charge in [0.2, 0.25) is 0 Å². The van der Waals surface area contributed by atoms with Gasteiger partial charge in [0.15, 0.2) is 0 Å². The summed E-state index contributed by atoms with van der Waals surface area (Å²) in [4.78, 5) is 17.2. The summed E-state index contributed by atoms with van der Waals surface area (Å²) in [7, 11) is 0. The molecular weight excluding hydrogens is 280 g/mol. The Morgan fingerprint density at radius 1 is 1.38 bits per heavy atom. The molecule has 0 saturated heterocycles. The third-order valence-electron chi connectivity index (χ3n) is 4.12. The number of nitrogens with zero attached hydrogens (tertiary/aromatic N) is 1. The highest BCUT2D eigenvalue weighted by Crippen LogP contribution is 2.41. The molecule has 21 heavy (non-hydrogen) atoms. The smallest absolute Gasteiger partial charge is 0.252 e. The third-order valence-corrected chi connectivity index (χ3v) is 5.25. The molecule has 1 fully saturated rings. The molecule has 0 aliphatic heterocycles. The van der Waals surface area contributed by atoms with Crippen LogP contribution in [0.15, 0.2) is 35.7 Å². The molecule has 1 heterocycles. The number of thiazole rings is 1. The van der Waals surface area contributed by atoms with Crippen LogP contribution in [0.5, 0.6) is 0 Å². The molecule has 1 atom stereocenters. The first kappa shape index (κ1) is 14.3. The molecule has 1 saturated carbocycles. The fourth-order valence-corrected chi connectivity index (χ4v) is 3.40. The van der Waals surface area contributed by atoms with E-state index in [9.17, 15) is 4.79 Å². The van der Waals surface area contributed by atoms with E-state index in [1.165, 1.54) is 18.5 Å². The molecule has 1 aliphatic carbocycles. The molecule has 1 unspecified atom stereocenters. The lowest BCUT2D eigenvalue weighted by molar-refractivity contribution is 0.0902. The molecule has 0 radical (unpaired) electrons. The molecule has 110 valence electrons. The SMILES string of the molecule is CCC(C)(NC(=O)c1ccccc1)c1nc(C2CC2)cs1. The molecule has 2 aromatic rings. The predicted octanol–water partition coefficient (Wildman–Crippen LogP) is 4.08. The van der Waals surface area contributed by atoms with Gasteiger partial charge in [-0.15, -0.1) is 11.3 Å². The second kappa shape index (κ2) is 5.60. The van der Waals surface area contributed by atoms with Crippen molar-refractivity contribution in [3.63, 3.8) is 0 Å². The zero-order chi connectivity index (χ0) is 14.9. The van der Waals surface area contributed by atoms with Gasteiger partial charge in [-0.25, -0.2) is 4.98 Å². The number of amides is 1. The largest absolute Gasteiger partial charge is 0.340 e. The van der Waals surface area contributed by atoms with Crippen molar-refractivity contribution in [1.29, 1.82) is 0 Å². The normalized spacial score (nSPS) is 17.2. The molecule has 3 nitrogen and oxygen atoms in total. The second-order valence-corrected chi connectivity index (χ2v) is 6.72. The van der Waals surface area contributed by atoms with Gasteiger partial charge in [-0.1, -0.05) is 25.1 Å². The van der Waals surface area contributed by atoms with E-state index in [4.69, 9.17) is 4.98 Å². The average Bonchev–Trinajstić information content (AvgIpc) is 3.24. The molecule has 0 bridgehead atoms. The van der Waals surface area contributed by atoms with Gasteiger partial charge >= 0.3 is 0 Å². The summed E-state index contributed by atoms with van der Waals surface area (Å²) in [5.74, 6) is 0.615. The molecule has 0 spiro atoms. The van der Waals surface area contributed by atoms with Gasteiger partial charge in [0.05, 0.1) is 11.2 Å². The molecule has 1 aromatic carbocycles. The maximum absolute atomic E-state index is 12.4. The van der Waals surface area contributed by atoms with Gasteiger partial charge in [0.25, 0.3) is 5.91 Å². The van der Waals surface area contributed by atoms with E-state index in [1.807, 2.05) is 30.3 Å². The lowest BCUT2D eigenvalue weighted by atomic mass is 9.99. The van der Waals surface area contributed by atoms with Crippen molar-refractivity contribution >= 4 is 17.2 Å². The predicted molar refractivity (Wildman–Crippen MR) is 85.6 cm³/mol. The molecule has 1 amide bonds. The van der Waals surface area contributed by atoms with Crippen molar-refractivity contribution in [3.05, 3.63) is 52.0 Å². The van der Waals surface area contributed by atoms with Gasteiger partial charge in [-0.2, -0.15) is 0 Å². The topological polar surface area (TPSA) is 42.0 Å². The molecule has 1 aliphatic rings. The maximum Gasteiger partial charge on any atom is 0.252 e. The van der Waals surface area contributed by atoms with Crippen LogP contribution in [-0.2, 0) is 5.54 Å². The van der Waals surface area contributed by atoms with Gasteiger partial charge < -0.3 is 5.32 Å². The fourth-order valence-electron chi connectivity index (χ4n) is 2.31. The zero-order valence-corrected chi connectivity index (χ0v) is 13.2. The Morgan fingerprint density at radius 3 is 2.71 bits per heavy atom. The summed E-state index contributed by atoms with van der Waals surface area (Å²) in [5.41, 5.74) is 1.49. The van der Waals surface area contributed by atoms with Crippen LogP contribution in [0.1, 0.15) is 60.1 Å². The number of nitrogens with one attached hydrogen (secondary N) is 1. The van der Waals surface area contributed by atoms with E-state index in [-0.39, 0.29) is 5.91 Å². The van der Waals surface area contributed by atoms with Gasteiger partial charge in [0.1, 0.15) is 5.01 Å². The first-order chi connectivity index (χ1) is 10.1. The summed E-state index contributed by atoms with van der Waals surface area (Å²) >= 11 is 1.66. The molecule has 3 rings (SSSR count). The van der Waals surface area contributed by atoms with E-state index < -0.39 is 5.54 Å². The van der Waals surface area contributed by atoms with E-state index in [0.717, 1.165) is 11.4 Å². The first-order valence-electron chi connectivity index (χ1n) is 7.46. The lowest BCUT2D eigenvalue weighted by Crippen LogP contribution is -2.43. The monoisotopic (exact) mass is 300 g/mol. The van der Waals surface area contributed by atoms with E-state index in [0.29, 0.717) is 11.5 Å². The number of aromatic nitrogens is 1. The number of carbonyl (C=O) groups excluding carboxylic acids is 1. The Morgan fingerprint density at radius 2 is 2.10 bits per heavy atom. The lowest BCUT2D eigenvalue weighted by Gasteiger charge is -2.27. The quantitative estimate of drug-likeness (QED) is 0.904. The van der Waals surface area contributed by atoms with Crippen LogP contribution >= 0.6 is 11.3 Å². The van der Waals surface area contributed by atoms with E-state index in [1.54, 1.807) is 11.3 Å². The van der Waals surface area contributed by atoms with Crippen molar-refractivity contribution < 1.29 is 4.79 Å². The van der Waals surface area contributed by atoms with Crippen LogP contribution < -0.4 is 5.32 Å².